The second kappa shape index (κ2) is 5.44. The van der Waals surface area contributed by atoms with Crippen molar-refractivity contribution in [2.24, 2.45) is 0 Å². The molecule has 3 rings (SSSR count). The van der Waals surface area contributed by atoms with Crippen molar-refractivity contribution in [2.45, 2.75) is 18.9 Å². The number of carbonyl (C=O) groups excluding carboxylic acids is 2. The predicted octanol–water partition coefficient (Wildman–Crippen LogP) is -0.596. The molecule has 1 aromatic heterocycles. The normalized spacial score (nSPS) is 22.8. The van der Waals surface area contributed by atoms with Crippen LogP contribution in [0.2, 0.25) is 0 Å². The van der Waals surface area contributed by atoms with Crippen molar-refractivity contribution >= 4 is 17.8 Å². The molecule has 0 spiro atoms. The van der Waals surface area contributed by atoms with Gasteiger partial charge in [-0.1, -0.05) is 0 Å². The first-order valence-electron chi connectivity index (χ1n) is 6.85. The number of rotatable bonds is 2. The van der Waals surface area contributed by atoms with Crippen LogP contribution in [0.15, 0.2) is 18.5 Å². The Labute approximate surface area is 117 Å². The molecule has 0 aromatic carbocycles. The van der Waals surface area contributed by atoms with Crippen LogP contribution in [0.3, 0.4) is 0 Å². The standard InChI is InChI=1S/C13H17N5O2/c19-11-9-17(8-6-14-11)12(20)10-3-1-7-18(10)13-15-4-2-5-16-13/h2,4-5,10H,1,3,6-9H2,(H,14,19). The first kappa shape index (κ1) is 12.8. The third-order valence-corrected chi connectivity index (χ3v) is 3.70. The molecule has 7 nitrogen and oxygen atoms in total. The maximum absolute atomic E-state index is 12.6. The van der Waals surface area contributed by atoms with Crippen LogP contribution in [0, 0.1) is 0 Å². The van der Waals surface area contributed by atoms with Crippen molar-refractivity contribution in [1.82, 2.24) is 20.2 Å². The molecule has 0 saturated carbocycles. The van der Waals surface area contributed by atoms with Gasteiger partial charge in [0.25, 0.3) is 0 Å². The summed E-state index contributed by atoms with van der Waals surface area (Å²) in [4.78, 5) is 36.0. The van der Waals surface area contributed by atoms with E-state index < -0.39 is 0 Å². The van der Waals surface area contributed by atoms with Crippen molar-refractivity contribution in [3.63, 3.8) is 0 Å². The minimum Gasteiger partial charge on any atom is -0.353 e. The van der Waals surface area contributed by atoms with Crippen molar-refractivity contribution in [1.29, 1.82) is 0 Å². The number of carbonyl (C=O) groups is 2. The molecular formula is C13H17N5O2. The number of piperazine rings is 1. The summed E-state index contributed by atoms with van der Waals surface area (Å²) in [6, 6.07) is 1.51. The van der Waals surface area contributed by atoms with Gasteiger partial charge < -0.3 is 15.1 Å². The lowest BCUT2D eigenvalue weighted by molar-refractivity contribution is -0.139. The Kier molecular flexibility index (Phi) is 3.49. The summed E-state index contributed by atoms with van der Waals surface area (Å²) < 4.78 is 0. The van der Waals surface area contributed by atoms with E-state index in [2.05, 4.69) is 15.3 Å². The second-order valence-corrected chi connectivity index (χ2v) is 5.01. The zero-order chi connectivity index (χ0) is 13.9. The Morgan fingerprint density at radius 1 is 1.30 bits per heavy atom. The van der Waals surface area contributed by atoms with Crippen LogP contribution in [-0.4, -0.2) is 58.9 Å². The first-order valence-corrected chi connectivity index (χ1v) is 6.85. The number of nitrogens with zero attached hydrogens (tertiary/aromatic N) is 4. The average molecular weight is 275 g/mol. The van der Waals surface area contributed by atoms with Gasteiger partial charge in [-0.15, -0.1) is 0 Å². The summed E-state index contributed by atoms with van der Waals surface area (Å²) in [5.74, 6) is 0.500. The fourth-order valence-corrected chi connectivity index (χ4v) is 2.74. The Morgan fingerprint density at radius 3 is 2.85 bits per heavy atom. The van der Waals surface area contributed by atoms with Crippen LogP contribution in [-0.2, 0) is 9.59 Å². The SMILES string of the molecule is O=C1CN(C(=O)C2CCCN2c2ncccn2)CCN1. The van der Waals surface area contributed by atoms with Crippen molar-refractivity contribution in [3.8, 4) is 0 Å². The van der Waals surface area contributed by atoms with E-state index in [1.165, 1.54) is 0 Å². The number of hydrogen-bond donors (Lipinski definition) is 1. The maximum Gasteiger partial charge on any atom is 0.245 e. The van der Waals surface area contributed by atoms with E-state index in [4.69, 9.17) is 0 Å². The van der Waals surface area contributed by atoms with E-state index >= 15 is 0 Å². The summed E-state index contributed by atoms with van der Waals surface area (Å²) >= 11 is 0. The quantitative estimate of drug-likeness (QED) is 0.780. The third kappa shape index (κ3) is 2.43. The zero-order valence-corrected chi connectivity index (χ0v) is 11.2. The van der Waals surface area contributed by atoms with Crippen LogP contribution in [0.5, 0.6) is 0 Å². The fourth-order valence-electron chi connectivity index (χ4n) is 2.74. The van der Waals surface area contributed by atoms with Crippen molar-refractivity contribution in [3.05, 3.63) is 18.5 Å². The molecule has 0 bridgehead atoms. The molecule has 2 aliphatic rings. The number of nitrogens with one attached hydrogen (secondary N) is 1. The summed E-state index contributed by atoms with van der Waals surface area (Å²) in [5.41, 5.74) is 0. The minimum absolute atomic E-state index is 0.00445. The lowest BCUT2D eigenvalue weighted by Crippen LogP contribution is -2.55. The summed E-state index contributed by atoms with van der Waals surface area (Å²) in [6.07, 6.45) is 5.08. The van der Waals surface area contributed by atoms with Gasteiger partial charge in [0.1, 0.15) is 6.04 Å². The monoisotopic (exact) mass is 275 g/mol. The van der Waals surface area contributed by atoms with Crippen LogP contribution in [0.1, 0.15) is 12.8 Å². The van der Waals surface area contributed by atoms with Gasteiger partial charge >= 0.3 is 0 Å². The van der Waals surface area contributed by atoms with Crippen molar-refractivity contribution in [2.75, 3.05) is 31.1 Å². The van der Waals surface area contributed by atoms with E-state index in [-0.39, 0.29) is 24.4 Å². The zero-order valence-electron chi connectivity index (χ0n) is 11.2. The molecule has 1 N–H and O–H groups in total. The van der Waals surface area contributed by atoms with Gasteiger partial charge in [0.15, 0.2) is 0 Å². The summed E-state index contributed by atoms with van der Waals surface area (Å²) in [7, 11) is 0. The highest BCUT2D eigenvalue weighted by Gasteiger charge is 2.36. The Balaban J connectivity index is 1.75. The Morgan fingerprint density at radius 2 is 2.10 bits per heavy atom. The Bertz CT molecular complexity index is 507. The molecule has 2 amide bonds. The molecule has 2 saturated heterocycles. The van der Waals surface area contributed by atoms with Crippen LogP contribution in [0.25, 0.3) is 0 Å². The summed E-state index contributed by atoms with van der Waals surface area (Å²) in [6.45, 7) is 2.03. The molecule has 106 valence electrons. The lowest BCUT2D eigenvalue weighted by atomic mass is 10.2. The molecule has 2 fully saturated rings. The largest absolute Gasteiger partial charge is 0.353 e. The van der Waals surface area contributed by atoms with Crippen LogP contribution < -0.4 is 10.2 Å². The van der Waals surface area contributed by atoms with Crippen LogP contribution >= 0.6 is 0 Å². The van der Waals surface area contributed by atoms with Gasteiger partial charge in [0.2, 0.25) is 17.8 Å². The molecule has 20 heavy (non-hydrogen) atoms. The second-order valence-electron chi connectivity index (χ2n) is 5.01. The number of amides is 2. The molecule has 0 aliphatic carbocycles. The van der Waals surface area contributed by atoms with Gasteiger partial charge in [-0.3, -0.25) is 9.59 Å². The molecule has 1 atom stereocenters. The first-order chi connectivity index (χ1) is 9.75. The highest BCUT2D eigenvalue weighted by molar-refractivity contribution is 5.90. The van der Waals surface area contributed by atoms with E-state index in [1.807, 2.05) is 4.90 Å². The van der Waals surface area contributed by atoms with Gasteiger partial charge in [0, 0.05) is 32.0 Å². The van der Waals surface area contributed by atoms with Gasteiger partial charge in [-0.2, -0.15) is 0 Å². The smallest absolute Gasteiger partial charge is 0.245 e. The molecule has 0 radical (unpaired) electrons. The van der Waals surface area contributed by atoms with E-state index in [0.717, 1.165) is 19.4 Å². The molecule has 1 aromatic rings. The lowest BCUT2D eigenvalue weighted by Gasteiger charge is -2.32. The Hall–Kier alpha value is -2.18. The van der Waals surface area contributed by atoms with Gasteiger partial charge in [-0.25, -0.2) is 9.97 Å². The van der Waals surface area contributed by atoms with Crippen LogP contribution in [0.4, 0.5) is 5.95 Å². The molecule has 3 heterocycles. The number of anilines is 1. The molecule has 7 heteroatoms. The van der Waals surface area contributed by atoms with E-state index in [9.17, 15) is 9.59 Å². The molecular weight excluding hydrogens is 258 g/mol. The topological polar surface area (TPSA) is 78.4 Å². The number of hydrogen-bond acceptors (Lipinski definition) is 5. The highest BCUT2D eigenvalue weighted by atomic mass is 16.2. The summed E-state index contributed by atoms with van der Waals surface area (Å²) in [5, 5.41) is 2.73. The molecule has 2 aliphatic heterocycles. The number of aromatic nitrogens is 2. The minimum atomic E-state index is -0.247. The highest BCUT2D eigenvalue weighted by Crippen LogP contribution is 2.23. The maximum atomic E-state index is 12.6. The van der Waals surface area contributed by atoms with E-state index in [1.54, 1.807) is 23.4 Å². The van der Waals surface area contributed by atoms with Crippen molar-refractivity contribution < 1.29 is 9.59 Å². The third-order valence-electron chi connectivity index (χ3n) is 3.70. The predicted molar refractivity (Wildman–Crippen MR) is 72.0 cm³/mol. The van der Waals surface area contributed by atoms with E-state index in [0.29, 0.717) is 19.0 Å². The van der Waals surface area contributed by atoms with Gasteiger partial charge in [0.05, 0.1) is 6.54 Å². The molecule has 1 unspecified atom stereocenters. The average Bonchev–Trinajstić information content (AvgIpc) is 2.97. The fraction of sp³-hybridized carbons (Fsp3) is 0.538. The van der Waals surface area contributed by atoms with Gasteiger partial charge in [-0.05, 0) is 18.9 Å².